The molecule has 3 aromatic heterocycles. The summed E-state index contributed by atoms with van der Waals surface area (Å²) in [7, 11) is 0. The highest BCUT2D eigenvalue weighted by Gasteiger charge is 2.23. The Hall–Kier alpha value is -4.87. The Balaban J connectivity index is 1.42. The van der Waals surface area contributed by atoms with Crippen LogP contribution in [-0.4, -0.2) is 41.3 Å². The molecule has 4 heterocycles. The van der Waals surface area contributed by atoms with Gasteiger partial charge >= 0.3 is 0 Å². The van der Waals surface area contributed by atoms with E-state index >= 15 is 0 Å². The molecule has 0 spiro atoms. The molecule has 0 fully saturated rings. The standard InChI is InChI=1S/C32H28Cl2N8O3/c1-18-3-2-4-28(26-13-20(9-10-36-26)22-7-5-19(12-30(35)43)11-25(22)38-32(18)45)41-17-37-24(15-31(41)44)23-14-21(33)6-8-27(23)42-16-29(34)39-40-42/h5-11,13-18,28H,2-4,12H2,1H3,(H2,35,43)(H,38,45)/t18-,28+/m1/s1. The Morgan fingerprint density at radius 1 is 1.02 bits per heavy atom. The molecular formula is C32H28Cl2N8O3. The number of anilines is 1. The van der Waals surface area contributed by atoms with Crippen LogP contribution in [0, 0.1) is 5.92 Å². The van der Waals surface area contributed by atoms with Gasteiger partial charge in [0.15, 0.2) is 5.15 Å². The second-order valence-corrected chi connectivity index (χ2v) is 11.8. The number of carbonyl (C=O) groups is 2. The van der Waals surface area contributed by atoms with Crippen LogP contribution in [0.15, 0.2) is 78.1 Å². The number of primary amides is 1. The number of pyridine rings is 1. The molecule has 45 heavy (non-hydrogen) atoms. The number of nitrogens with zero attached hydrogens (tertiary/aromatic N) is 6. The Kier molecular flexibility index (Phi) is 8.46. The first-order valence-corrected chi connectivity index (χ1v) is 15.1. The highest BCUT2D eigenvalue weighted by molar-refractivity contribution is 6.31. The van der Waals surface area contributed by atoms with Crippen molar-refractivity contribution in [2.45, 2.75) is 38.6 Å². The van der Waals surface area contributed by atoms with Gasteiger partial charge in [0.1, 0.15) is 0 Å². The third kappa shape index (κ3) is 6.50. The highest BCUT2D eigenvalue weighted by atomic mass is 35.5. The minimum atomic E-state index is -0.462. The maximum Gasteiger partial charge on any atom is 0.254 e. The van der Waals surface area contributed by atoms with Gasteiger partial charge in [-0.25, -0.2) is 9.67 Å². The number of hydrogen-bond acceptors (Lipinski definition) is 7. The Morgan fingerprint density at radius 3 is 2.62 bits per heavy atom. The zero-order valence-corrected chi connectivity index (χ0v) is 25.7. The summed E-state index contributed by atoms with van der Waals surface area (Å²) in [6.45, 7) is 1.87. The van der Waals surface area contributed by atoms with Crippen molar-refractivity contribution in [2.24, 2.45) is 11.7 Å². The van der Waals surface area contributed by atoms with Gasteiger partial charge in [-0.1, -0.05) is 53.9 Å². The summed E-state index contributed by atoms with van der Waals surface area (Å²) in [4.78, 5) is 47.8. The average molecular weight is 644 g/mol. The van der Waals surface area contributed by atoms with Crippen molar-refractivity contribution in [3.63, 3.8) is 0 Å². The fourth-order valence-electron chi connectivity index (χ4n) is 5.56. The lowest BCUT2D eigenvalue weighted by Gasteiger charge is -2.23. The SMILES string of the molecule is C[C@@H]1CCC[C@H](n2cnc(-c3cc(Cl)ccc3-n3cc(Cl)nn3)cc2=O)c2cc(ccn2)-c2ccc(CC(N)=O)cc2NC1=O. The first-order chi connectivity index (χ1) is 21.7. The number of hydrogen-bond donors (Lipinski definition) is 2. The van der Waals surface area contributed by atoms with E-state index in [1.807, 2.05) is 31.2 Å². The Morgan fingerprint density at radius 2 is 1.87 bits per heavy atom. The molecule has 2 atom stereocenters. The molecule has 0 saturated heterocycles. The molecule has 6 rings (SSSR count). The smallest absolute Gasteiger partial charge is 0.254 e. The molecule has 0 saturated carbocycles. The molecule has 0 aliphatic carbocycles. The van der Waals surface area contributed by atoms with Crippen molar-refractivity contribution in [1.29, 1.82) is 0 Å². The highest BCUT2D eigenvalue weighted by Crippen LogP contribution is 2.34. The third-order valence-electron chi connectivity index (χ3n) is 7.83. The maximum absolute atomic E-state index is 13.8. The number of fused-ring (bicyclic) bond motifs is 4. The largest absolute Gasteiger partial charge is 0.369 e. The van der Waals surface area contributed by atoms with Crippen molar-refractivity contribution in [2.75, 3.05) is 5.32 Å². The minimum Gasteiger partial charge on any atom is -0.369 e. The minimum absolute atomic E-state index is 0.0531. The number of nitrogens with two attached hydrogens (primary N) is 1. The first-order valence-electron chi connectivity index (χ1n) is 14.3. The Bertz CT molecular complexity index is 1990. The molecule has 2 amide bonds. The van der Waals surface area contributed by atoms with Crippen LogP contribution in [0.25, 0.3) is 28.1 Å². The number of carbonyl (C=O) groups excluding carboxylic acids is 2. The van der Waals surface area contributed by atoms with Gasteiger partial charge in [-0.2, -0.15) is 0 Å². The number of aromatic nitrogens is 6. The van der Waals surface area contributed by atoms with E-state index in [2.05, 4.69) is 25.6 Å². The fraction of sp³-hybridized carbons (Fsp3) is 0.219. The first kappa shape index (κ1) is 30.2. The lowest BCUT2D eigenvalue weighted by atomic mass is 9.94. The predicted molar refractivity (Wildman–Crippen MR) is 171 cm³/mol. The molecule has 0 radical (unpaired) electrons. The van der Waals surface area contributed by atoms with E-state index in [9.17, 15) is 14.4 Å². The van der Waals surface area contributed by atoms with E-state index < -0.39 is 11.9 Å². The number of amides is 2. The van der Waals surface area contributed by atoms with E-state index in [0.717, 1.165) is 11.1 Å². The van der Waals surface area contributed by atoms with Crippen LogP contribution in [-0.2, 0) is 16.0 Å². The quantitative estimate of drug-likeness (QED) is 0.266. The van der Waals surface area contributed by atoms with Crippen molar-refractivity contribution in [3.8, 4) is 28.1 Å². The number of benzene rings is 2. The summed E-state index contributed by atoms with van der Waals surface area (Å²) in [6.07, 6.45) is 6.60. The number of nitrogens with one attached hydrogen (secondary N) is 1. The van der Waals surface area contributed by atoms with Crippen LogP contribution in [0.3, 0.4) is 0 Å². The number of halogens is 2. The van der Waals surface area contributed by atoms with E-state index in [1.165, 1.54) is 17.1 Å². The average Bonchev–Trinajstić information content (AvgIpc) is 3.44. The zero-order chi connectivity index (χ0) is 31.7. The van der Waals surface area contributed by atoms with Gasteiger partial charge in [0.05, 0.1) is 42.1 Å². The van der Waals surface area contributed by atoms with Gasteiger partial charge in [0.2, 0.25) is 11.8 Å². The summed E-state index contributed by atoms with van der Waals surface area (Å²) in [5.41, 5.74) is 10.2. The molecule has 2 bridgehead atoms. The number of rotatable bonds is 5. The Labute approximate surface area is 268 Å². The molecule has 1 aliphatic rings. The van der Waals surface area contributed by atoms with Gasteiger partial charge in [0, 0.05) is 40.0 Å². The molecule has 1 aliphatic heterocycles. The predicted octanol–water partition coefficient (Wildman–Crippen LogP) is 5.24. The monoisotopic (exact) mass is 642 g/mol. The van der Waals surface area contributed by atoms with Crippen LogP contribution in [0.4, 0.5) is 5.69 Å². The van der Waals surface area contributed by atoms with E-state index in [1.54, 1.807) is 41.2 Å². The molecule has 13 heteroatoms. The van der Waals surface area contributed by atoms with Gasteiger partial charge in [-0.3, -0.25) is 23.9 Å². The van der Waals surface area contributed by atoms with Crippen molar-refractivity contribution >= 4 is 40.7 Å². The second kappa shape index (κ2) is 12.6. The third-order valence-corrected chi connectivity index (χ3v) is 8.24. The molecule has 11 nitrogen and oxygen atoms in total. The molecule has 0 unspecified atom stereocenters. The maximum atomic E-state index is 13.8. The van der Waals surface area contributed by atoms with E-state index in [0.29, 0.717) is 58.2 Å². The lowest BCUT2D eigenvalue weighted by Crippen LogP contribution is -2.27. The van der Waals surface area contributed by atoms with Gasteiger partial charge in [-0.05, 0) is 60.4 Å². The van der Waals surface area contributed by atoms with Gasteiger partial charge in [-0.15, -0.1) is 5.10 Å². The summed E-state index contributed by atoms with van der Waals surface area (Å²) < 4.78 is 3.06. The van der Waals surface area contributed by atoms with Crippen LogP contribution in [0.1, 0.15) is 43.5 Å². The molecule has 2 aromatic carbocycles. The molecule has 3 N–H and O–H groups in total. The van der Waals surface area contributed by atoms with E-state index in [4.69, 9.17) is 28.9 Å². The molecule has 5 aromatic rings. The molecular weight excluding hydrogens is 615 g/mol. The van der Waals surface area contributed by atoms with Crippen LogP contribution in [0.2, 0.25) is 10.2 Å². The normalized spacial score (nSPS) is 16.6. The molecule has 228 valence electrons. The van der Waals surface area contributed by atoms with Gasteiger partial charge < -0.3 is 11.1 Å². The van der Waals surface area contributed by atoms with Crippen LogP contribution < -0.4 is 16.6 Å². The van der Waals surface area contributed by atoms with E-state index in [-0.39, 0.29) is 29.0 Å². The lowest BCUT2D eigenvalue weighted by molar-refractivity contribution is -0.119. The van der Waals surface area contributed by atoms with Crippen LogP contribution >= 0.6 is 23.2 Å². The summed E-state index contributed by atoms with van der Waals surface area (Å²) in [6, 6.07) is 15.4. The topological polar surface area (TPSA) is 151 Å². The fourth-order valence-corrected chi connectivity index (χ4v) is 5.85. The van der Waals surface area contributed by atoms with Crippen molar-refractivity contribution < 1.29 is 9.59 Å². The van der Waals surface area contributed by atoms with Gasteiger partial charge in [0.25, 0.3) is 5.56 Å². The van der Waals surface area contributed by atoms with Crippen molar-refractivity contribution in [1.82, 2.24) is 29.5 Å². The zero-order valence-electron chi connectivity index (χ0n) is 24.2. The summed E-state index contributed by atoms with van der Waals surface area (Å²) >= 11 is 12.3. The summed E-state index contributed by atoms with van der Waals surface area (Å²) in [5, 5.41) is 11.6. The second-order valence-electron chi connectivity index (χ2n) is 11.0. The van der Waals surface area contributed by atoms with Crippen LogP contribution in [0.5, 0.6) is 0 Å². The summed E-state index contributed by atoms with van der Waals surface area (Å²) in [5.74, 6) is -0.892. The van der Waals surface area contributed by atoms with Crippen molar-refractivity contribution in [3.05, 3.63) is 105 Å².